The zero-order chi connectivity index (χ0) is 20.1. The molecule has 0 aliphatic carbocycles. The Kier molecular flexibility index (Phi) is 6.83. The van der Waals surface area contributed by atoms with Crippen molar-refractivity contribution in [2.45, 2.75) is 26.9 Å². The number of aromatic amines is 1. The van der Waals surface area contributed by atoms with Crippen LogP contribution in [0.5, 0.6) is 0 Å². The third-order valence-corrected chi connectivity index (χ3v) is 6.05. The van der Waals surface area contributed by atoms with Crippen molar-refractivity contribution in [2.24, 2.45) is 0 Å². The number of benzene rings is 1. The Balaban J connectivity index is 1.88. The van der Waals surface area contributed by atoms with E-state index in [1.54, 1.807) is 18.4 Å². The molecule has 1 aromatic carbocycles. The molecule has 0 unspecified atom stereocenters. The number of ether oxygens (including phenoxy) is 1. The van der Waals surface area contributed by atoms with Crippen molar-refractivity contribution in [3.63, 3.8) is 0 Å². The molecule has 0 aliphatic heterocycles. The maximum atomic E-state index is 12.8. The van der Waals surface area contributed by atoms with E-state index in [0.29, 0.717) is 36.9 Å². The van der Waals surface area contributed by atoms with E-state index in [4.69, 9.17) is 17.0 Å². The molecule has 28 heavy (non-hydrogen) atoms. The average Bonchev–Trinajstić information content (AvgIpc) is 3.19. The van der Waals surface area contributed by atoms with Gasteiger partial charge in [-0.3, -0.25) is 4.79 Å². The summed E-state index contributed by atoms with van der Waals surface area (Å²) in [6, 6.07) is 10.2. The number of hydrogen-bond donors (Lipinski definition) is 2. The summed E-state index contributed by atoms with van der Waals surface area (Å²) >= 11 is 7.27. The van der Waals surface area contributed by atoms with Crippen molar-refractivity contribution < 1.29 is 4.74 Å². The van der Waals surface area contributed by atoms with E-state index in [1.165, 1.54) is 10.4 Å². The van der Waals surface area contributed by atoms with Gasteiger partial charge >= 0.3 is 0 Å². The van der Waals surface area contributed by atoms with Gasteiger partial charge in [-0.15, -0.1) is 11.3 Å². The highest BCUT2D eigenvalue weighted by molar-refractivity contribution is 7.80. The van der Waals surface area contributed by atoms with E-state index >= 15 is 0 Å². The fourth-order valence-electron chi connectivity index (χ4n) is 3.06. The van der Waals surface area contributed by atoms with Crippen LogP contribution >= 0.6 is 23.6 Å². The third-order valence-electron chi connectivity index (χ3n) is 4.79. The predicted octanol–water partition coefficient (Wildman–Crippen LogP) is 3.73. The number of methoxy groups -OCH3 is 1. The van der Waals surface area contributed by atoms with Gasteiger partial charge in [-0.1, -0.05) is 18.2 Å². The summed E-state index contributed by atoms with van der Waals surface area (Å²) in [7, 11) is 1.66. The minimum Gasteiger partial charge on any atom is -0.383 e. The van der Waals surface area contributed by atoms with Gasteiger partial charge in [-0.05, 0) is 60.1 Å². The lowest BCUT2D eigenvalue weighted by Crippen LogP contribution is -2.41. The van der Waals surface area contributed by atoms with Gasteiger partial charge in [0.1, 0.15) is 0 Å². The number of thiophene rings is 1. The molecule has 2 heterocycles. The third kappa shape index (κ3) is 4.79. The fourth-order valence-corrected chi connectivity index (χ4v) is 4.01. The average molecular weight is 416 g/mol. The molecule has 148 valence electrons. The van der Waals surface area contributed by atoms with E-state index in [-0.39, 0.29) is 5.56 Å². The smallest absolute Gasteiger partial charge is 0.253 e. The first kappa shape index (κ1) is 20.5. The van der Waals surface area contributed by atoms with Crippen LogP contribution in [0.3, 0.4) is 0 Å². The highest BCUT2D eigenvalue weighted by Crippen LogP contribution is 2.20. The first-order valence-electron chi connectivity index (χ1n) is 9.16. The topological polar surface area (TPSA) is 57.4 Å². The molecule has 0 radical (unpaired) electrons. The van der Waals surface area contributed by atoms with Crippen LogP contribution in [0, 0.1) is 13.8 Å². The van der Waals surface area contributed by atoms with Gasteiger partial charge in [0.15, 0.2) is 5.11 Å². The van der Waals surface area contributed by atoms with E-state index in [2.05, 4.69) is 28.5 Å². The first-order chi connectivity index (χ1) is 13.5. The summed E-state index contributed by atoms with van der Waals surface area (Å²) in [6.45, 7) is 6.37. The number of nitrogens with one attached hydrogen (secondary N) is 2. The molecule has 0 spiro atoms. The molecule has 2 N–H and O–H groups in total. The normalized spacial score (nSPS) is 11.0. The molecule has 7 heteroatoms. The fraction of sp³-hybridized carbons (Fsp3) is 0.333. The number of aryl methyl sites for hydroxylation is 2. The second-order valence-electron chi connectivity index (χ2n) is 6.76. The number of thiocarbonyl (C=S) groups is 1. The Labute approximate surface area is 174 Å². The van der Waals surface area contributed by atoms with Crippen LogP contribution in [0.1, 0.15) is 21.6 Å². The van der Waals surface area contributed by atoms with Gasteiger partial charge in [0.05, 0.1) is 25.2 Å². The molecule has 3 rings (SSSR count). The number of pyridine rings is 1. The Morgan fingerprint density at radius 1 is 1.29 bits per heavy atom. The van der Waals surface area contributed by atoms with E-state index in [1.807, 2.05) is 36.3 Å². The van der Waals surface area contributed by atoms with Gasteiger partial charge in [-0.25, -0.2) is 0 Å². The molecule has 0 amide bonds. The van der Waals surface area contributed by atoms with Crippen molar-refractivity contribution in [1.82, 2.24) is 15.2 Å². The summed E-state index contributed by atoms with van der Waals surface area (Å²) in [5.74, 6) is 0. The number of aromatic nitrogens is 1. The van der Waals surface area contributed by atoms with Gasteiger partial charge < -0.3 is 19.9 Å². The van der Waals surface area contributed by atoms with Gasteiger partial charge in [0.2, 0.25) is 0 Å². The van der Waals surface area contributed by atoms with Crippen LogP contribution in [0.4, 0.5) is 0 Å². The van der Waals surface area contributed by atoms with Crippen LogP contribution < -0.4 is 10.9 Å². The van der Waals surface area contributed by atoms with E-state index in [9.17, 15) is 4.79 Å². The number of nitrogens with zero attached hydrogens (tertiary/aromatic N) is 1. The molecule has 0 atom stereocenters. The van der Waals surface area contributed by atoms with Gasteiger partial charge in [-0.2, -0.15) is 0 Å². The van der Waals surface area contributed by atoms with Crippen LogP contribution in [0.25, 0.3) is 10.9 Å². The summed E-state index contributed by atoms with van der Waals surface area (Å²) in [5, 5.41) is 6.91. The largest absolute Gasteiger partial charge is 0.383 e. The summed E-state index contributed by atoms with van der Waals surface area (Å²) in [5.41, 5.74) is 3.80. The first-order valence-corrected chi connectivity index (χ1v) is 10.4. The summed E-state index contributed by atoms with van der Waals surface area (Å²) < 4.78 is 5.09. The zero-order valence-corrected chi connectivity index (χ0v) is 18.0. The summed E-state index contributed by atoms with van der Waals surface area (Å²) in [6.07, 6.45) is 0. The van der Waals surface area contributed by atoms with Crippen molar-refractivity contribution in [1.29, 1.82) is 0 Å². The highest BCUT2D eigenvalue weighted by Gasteiger charge is 2.15. The molecular weight excluding hydrogens is 390 g/mol. The lowest BCUT2D eigenvalue weighted by atomic mass is 10.0. The summed E-state index contributed by atoms with van der Waals surface area (Å²) in [4.78, 5) is 19.0. The highest BCUT2D eigenvalue weighted by atomic mass is 32.1. The van der Waals surface area contributed by atoms with E-state index < -0.39 is 0 Å². The maximum absolute atomic E-state index is 12.8. The molecule has 0 aliphatic rings. The van der Waals surface area contributed by atoms with Crippen LogP contribution in [0.15, 0.2) is 40.5 Å². The Morgan fingerprint density at radius 3 is 2.82 bits per heavy atom. The molecular formula is C21H25N3O2S2. The van der Waals surface area contributed by atoms with Crippen molar-refractivity contribution in [3.05, 3.63) is 67.6 Å². The second kappa shape index (κ2) is 9.32. The Morgan fingerprint density at radius 2 is 2.11 bits per heavy atom. The number of rotatable bonds is 7. The van der Waals surface area contributed by atoms with Gasteiger partial charge in [0, 0.05) is 24.1 Å². The standard InChI is InChI=1S/C21H25N3O2S2/c1-14-6-7-16-11-17(20(25)23-19(16)15(14)2)12-24(13-18-5-4-10-28-18)21(27)22-8-9-26-3/h4-7,10-11H,8-9,12-13H2,1-3H3,(H,22,27)(H,23,25). The zero-order valence-electron chi connectivity index (χ0n) is 16.4. The SMILES string of the molecule is COCCNC(=S)N(Cc1cccs1)Cc1cc2ccc(C)c(C)c2[nH]c1=O. The molecule has 5 nitrogen and oxygen atoms in total. The lowest BCUT2D eigenvalue weighted by molar-refractivity contribution is 0.202. The predicted molar refractivity (Wildman–Crippen MR) is 120 cm³/mol. The van der Waals surface area contributed by atoms with Crippen LogP contribution in [-0.2, 0) is 17.8 Å². The Bertz CT molecular complexity index is 1010. The lowest BCUT2D eigenvalue weighted by Gasteiger charge is -2.25. The number of H-pyrrole nitrogens is 1. The van der Waals surface area contributed by atoms with Crippen LogP contribution in [0.2, 0.25) is 0 Å². The quantitative estimate of drug-likeness (QED) is 0.455. The monoisotopic (exact) mass is 415 g/mol. The number of fused-ring (bicyclic) bond motifs is 1. The van der Waals surface area contributed by atoms with Crippen molar-refractivity contribution >= 4 is 39.6 Å². The minimum atomic E-state index is -0.0722. The Hall–Kier alpha value is -2.22. The van der Waals surface area contributed by atoms with Crippen molar-refractivity contribution in [3.8, 4) is 0 Å². The maximum Gasteiger partial charge on any atom is 0.253 e. The number of hydrogen-bond acceptors (Lipinski definition) is 4. The van der Waals surface area contributed by atoms with Crippen LogP contribution in [-0.4, -0.2) is 35.3 Å². The minimum absolute atomic E-state index is 0.0722. The molecule has 0 saturated carbocycles. The molecule has 0 fully saturated rings. The molecule has 3 aromatic rings. The molecule has 0 bridgehead atoms. The van der Waals surface area contributed by atoms with E-state index in [0.717, 1.165) is 16.5 Å². The second-order valence-corrected chi connectivity index (χ2v) is 8.17. The van der Waals surface area contributed by atoms with Gasteiger partial charge in [0.25, 0.3) is 5.56 Å². The molecule has 2 aromatic heterocycles. The van der Waals surface area contributed by atoms with Crippen molar-refractivity contribution in [2.75, 3.05) is 20.3 Å². The molecule has 0 saturated heterocycles.